The van der Waals surface area contributed by atoms with Gasteiger partial charge in [-0.1, -0.05) is 47.1 Å². The van der Waals surface area contributed by atoms with Gasteiger partial charge >= 0.3 is 0 Å². The summed E-state index contributed by atoms with van der Waals surface area (Å²) in [4.78, 5) is 3.09. The molecular formula is C14H15BrS. The number of hydrogen-bond acceptors (Lipinski definition) is 1. The van der Waals surface area contributed by atoms with E-state index in [-0.39, 0.29) is 0 Å². The molecule has 1 aromatic carbocycles. The maximum atomic E-state index is 3.81. The number of rotatable bonds is 3. The lowest BCUT2D eigenvalue weighted by atomic mass is 10.0. The molecule has 1 unspecified atom stereocenters. The molecule has 84 valence electrons. The normalized spacial score (nSPS) is 12.7. The Bertz CT molecular complexity index is 473. The first kappa shape index (κ1) is 11.9. The van der Waals surface area contributed by atoms with Crippen molar-refractivity contribution >= 4 is 27.3 Å². The molecule has 0 spiro atoms. The molecule has 0 bridgehead atoms. The van der Waals surface area contributed by atoms with E-state index in [2.05, 4.69) is 66.2 Å². The first-order chi connectivity index (χ1) is 7.72. The Hall–Kier alpha value is -0.600. The van der Waals surface area contributed by atoms with Crippen molar-refractivity contribution in [2.75, 3.05) is 0 Å². The highest BCUT2D eigenvalue weighted by molar-refractivity contribution is 9.09. The third-order valence-corrected chi connectivity index (χ3v) is 5.08. The summed E-state index contributed by atoms with van der Waals surface area (Å²) in [5.74, 6) is 0. The summed E-state index contributed by atoms with van der Waals surface area (Å²) < 4.78 is 0. The summed E-state index contributed by atoms with van der Waals surface area (Å²) in [6, 6.07) is 13.1. The van der Waals surface area contributed by atoms with E-state index in [0.717, 1.165) is 6.42 Å². The minimum Gasteiger partial charge on any atom is -0.144 e. The molecule has 0 aliphatic carbocycles. The van der Waals surface area contributed by atoms with Crippen LogP contribution in [-0.4, -0.2) is 0 Å². The lowest BCUT2D eigenvalue weighted by Crippen LogP contribution is -1.95. The smallest absolute Gasteiger partial charge is 0.0740 e. The van der Waals surface area contributed by atoms with Gasteiger partial charge in [0.15, 0.2) is 0 Å². The van der Waals surface area contributed by atoms with Crippen LogP contribution < -0.4 is 0 Å². The van der Waals surface area contributed by atoms with Gasteiger partial charge in [0.1, 0.15) is 0 Å². The van der Waals surface area contributed by atoms with Crippen LogP contribution in [0, 0.1) is 6.92 Å². The summed E-state index contributed by atoms with van der Waals surface area (Å²) in [6.07, 6.45) is 1.09. The second-order valence-electron chi connectivity index (χ2n) is 3.86. The standard InChI is InChI=1S/C14H15BrS/c1-3-11-6-4-5-7-12(11)14(15)13-9-8-10(2)16-13/h4-9,14H,3H2,1-2H3. The first-order valence-corrected chi connectivity index (χ1v) is 7.23. The Balaban J connectivity index is 2.36. The zero-order valence-electron chi connectivity index (χ0n) is 9.53. The van der Waals surface area contributed by atoms with Crippen molar-refractivity contribution in [2.45, 2.75) is 25.1 Å². The van der Waals surface area contributed by atoms with E-state index in [9.17, 15) is 0 Å². The summed E-state index contributed by atoms with van der Waals surface area (Å²) in [6.45, 7) is 4.36. The molecule has 0 amide bonds. The molecule has 0 saturated heterocycles. The molecule has 0 N–H and O–H groups in total. The summed E-state index contributed by atoms with van der Waals surface area (Å²) in [5, 5.41) is 0. The number of hydrogen-bond donors (Lipinski definition) is 0. The van der Waals surface area contributed by atoms with Gasteiger partial charge in [-0.15, -0.1) is 11.3 Å². The fraction of sp³-hybridized carbons (Fsp3) is 0.286. The van der Waals surface area contributed by atoms with Gasteiger partial charge in [0.05, 0.1) is 4.83 Å². The molecule has 0 aliphatic heterocycles. The van der Waals surface area contributed by atoms with Crippen LogP contribution in [0.2, 0.25) is 0 Å². The van der Waals surface area contributed by atoms with Crippen LogP contribution in [0.15, 0.2) is 36.4 Å². The third kappa shape index (κ3) is 2.38. The molecule has 1 atom stereocenters. The van der Waals surface area contributed by atoms with Crippen molar-refractivity contribution in [3.05, 3.63) is 57.3 Å². The van der Waals surface area contributed by atoms with E-state index in [1.54, 1.807) is 0 Å². The highest BCUT2D eigenvalue weighted by Crippen LogP contribution is 2.36. The lowest BCUT2D eigenvalue weighted by molar-refractivity contribution is 1.07. The second kappa shape index (κ2) is 5.15. The Morgan fingerprint density at radius 3 is 2.56 bits per heavy atom. The van der Waals surface area contributed by atoms with Crippen LogP contribution in [0.25, 0.3) is 0 Å². The number of thiophene rings is 1. The summed E-state index contributed by atoms with van der Waals surface area (Å²) in [7, 11) is 0. The Kier molecular flexibility index (Phi) is 3.82. The molecule has 0 nitrogen and oxygen atoms in total. The largest absolute Gasteiger partial charge is 0.144 e. The zero-order valence-corrected chi connectivity index (χ0v) is 11.9. The fourth-order valence-electron chi connectivity index (χ4n) is 1.85. The molecule has 2 rings (SSSR count). The predicted molar refractivity (Wildman–Crippen MR) is 75.6 cm³/mol. The Labute approximate surface area is 109 Å². The van der Waals surface area contributed by atoms with Gasteiger partial charge in [-0.3, -0.25) is 0 Å². The zero-order chi connectivity index (χ0) is 11.5. The summed E-state index contributed by atoms with van der Waals surface area (Å²) in [5.41, 5.74) is 2.82. The quantitative estimate of drug-likeness (QED) is 0.691. The highest BCUT2D eigenvalue weighted by atomic mass is 79.9. The van der Waals surface area contributed by atoms with Crippen molar-refractivity contribution in [3.63, 3.8) is 0 Å². The number of halogens is 1. The van der Waals surface area contributed by atoms with Gasteiger partial charge in [0.25, 0.3) is 0 Å². The van der Waals surface area contributed by atoms with Crippen molar-refractivity contribution < 1.29 is 0 Å². The second-order valence-corrected chi connectivity index (χ2v) is 6.10. The molecule has 2 aromatic rings. The van der Waals surface area contributed by atoms with Crippen LogP contribution in [-0.2, 0) is 6.42 Å². The van der Waals surface area contributed by atoms with Crippen molar-refractivity contribution in [3.8, 4) is 0 Å². The molecule has 2 heteroatoms. The monoisotopic (exact) mass is 294 g/mol. The number of aryl methyl sites for hydroxylation is 2. The Morgan fingerprint density at radius 2 is 1.94 bits per heavy atom. The maximum Gasteiger partial charge on any atom is 0.0740 e. The fourth-order valence-corrected chi connectivity index (χ4v) is 3.60. The molecule has 16 heavy (non-hydrogen) atoms. The van der Waals surface area contributed by atoms with E-state index in [1.807, 2.05) is 11.3 Å². The van der Waals surface area contributed by atoms with Crippen molar-refractivity contribution in [2.24, 2.45) is 0 Å². The van der Waals surface area contributed by atoms with Crippen LogP contribution in [0.1, 0.15) is 32.6 Å². The van der Waals surface area contributed by atoms with Crippen molar-refractivity contribution in [1.29, 1.82) is 0 Å². The third-order valence-electron chi connectivity index (χ3n) is 2.72. The van der Waals surface area contributed by atoms with E-state index in [1.165, 1.54) is 20.9 Å². The van der Waals surface area contributed by atoms with Crippen LogP contribution in [0.4, 0.5) is 0 Å². The van der Waals surface area contributed by atoms with Gasteiger partial charge in [0, 0.05) is 9.75 Å². The van der Waals surface area contributed by atoms with E-state index in [4.69, 9.17) is 0 Å². The van der Waals surface area contributed by atoms with E-state index < -0.39 is 0 Å². The molecule has 1 heterocycles. The molecular weight excluding hydrogens is 280 g/mol. The van der Waals surface area contributed by atoms with Gasteiger partial charge in [-0.2, -0.15) is 0 Å². The van der Waals surface area contributed by atoms with E-state index in [0.29, 0.717) is 4.83 Å². The molecule has 0 fully saturated rings. The Morgan fingerprint density at radius 1 is 1.19 bits per heavy atom. The van der Waals surface area contributed by atoms with Crippen LogP contribution in [0.3, 0.4) is 0 Å². The minimum atomic E-state index is 0.336. The number of alkyl halides is 1. The summed E-state index contributed by atoms with van der Waals surface area (Å²) >= 11 is 5.67. The van der Waals surface area contributed by atoms with Crippen molar-refractivity contribution in [1.82, 2.24) is 0 Å². The average Bonchev–Trinajstić information content (AvgIpc) is 2.75. The molecule has 0 saturated carbocycles. The van der Waals surface area contributed by atoms with Gasteiger partial charge in [0.2, 0.25) is 0 Å². The molecule has 0 aliphatic rings. The lowest BCUT2D eigenvalue weighted by Gasteiger charge is -2.12. The van der Waals surface area contributed by atoms with Crippen LogP contribution in [0.5, 0.6) is 0 Å². The topological polar surface area (TPSA) is 0 Å². The number of benzene rings is 1. The first-order valence-electron chi connectivity index (χ1n) is 5.50. The van der Waals surface area contributed by atoms with Gasteiger partial charge in [-0.05, 0) is 36.6 Å². The molecule has 0 radical (unpaired) electrons. The van der Waals surface area contributed by atoms with Gasteiger partial charge in [-0.25, -0.2) is 0 Å². The van der Waals surface area contributed by atoms with E-state index >= 15 is 0 Å². The highest BCUT2D eigenvalue weighted by Gasteiger charge is 2.14. The van der Waals surface area contributed by atoms with Gasteiger partial charge < -0.3 is 0 Å². The SMILES string of the molecule is CCc1ccccc1C(Br)c1ccc(C)s1. The maximum absolute atomic E-state index is 3.81. The average molecular weight is 295 g/mol. The minimum absolute atomic E-state index is 0.336. The predicted octanol–water partition coefficient (Wildman–Crippen LogP) is 5.10. The molecule has 1 aromatic heterocycles. The van der Waals surface area contributed by atoms with Crippen LogP contribution >= 0.6 is 27.3 Å².